The Kier molecular flexibility index (Phi) is 4.44. The zero-order chi connectivity index (χ0) is 10.5. The molecule has 0 N–H and O–H groups in total. The van der Waals surface area contributed by atoms with E-state index in [4.69, 9.17) is 10.5 Å². The topological polar surface area (TPSA) is 67.9 Å². The molecule has 0 unspecified atom stereocenters. The van der Waals surface area contributed by atoms with Gasteiger partial charge in [0.05, 0.1) is 16.5 Å². The number of halogens is 1. The average molecular weight is 244 g/mol. The summed E-state index contributed by atoms with van der Waals surface area (Å²) in [6.45, 7) is 3.25. The van der Waals surface area contributed by atoms with Crippen LogP contribution in [-0.2, 0) is 4.79 Å². The minimum atomic E-state index is -0.722. The second-order valence-corrected chi connectivity index (χ2v) is 4.93. The summed E-state index contributed by atoms with van der Waals surface area (Å²) in [7, 11) is 0. The minimum Gasteiger partial charge on any atom is -0.315 e. The maximum atomic E-state index is 11.5. The largest absolute Gasteiger partial charge is 0.315 e. The molecular weight excluding hydrogens is 234 g/mol. The van der Waals surface area contributed by atoms with E-state index >= 15 is 0 Å². The van der Waals surface area contributed by atoms with Crippen LogP contribution in [0.1, 0.15) is 13.8 Å². The van der Waals surface area contributed by atoms with Crippen molar-refractivity contribution in [1.82, 2.24) is 4.90 Å². The Labute approximate surface area is 85.9 Å². The first-order chi connectivity index (χ1) is 5.93. The summed E-state index contributed by atoms with van der Waals surface area (Å²) >= 11 is 3.17. The number of hydrogen-bond acceptors (Lipinski definition) is 3. The van der Waals surface area contributed by atoms with Crippen molar-refractivity contribution in [2.24, 2.45) is 0 Å². The fourth-order valence-corrected chi connectivity index (χ4v) is 0.997. The van der Waals surface area contributed by atoms with Crippen LogP contribution in [0.2, 0.25) is 0 Å². The monoisotopic (exact) mass is 243 g/mol. The molecule has 0 aliphatic carbocycles. The Balaban J connectivity index is 4.50. The van der Waals surface area contributed by atoms with E-state index in [0.717, 1.165) is 0 Å². The molecule has 0 saturated heterocycles. The van der Waals surface area contributed by atoms with Gasteiger partial charge < -0.3 is 4.90 Å². The molecule has 0 aromatic rings. The van der Waals surface area contributed by atoms with Gasteiger partial charge in [-0.3, -0.25) is 4.79 Å². The number of carbonyl (C=O) groups is 1. The Morgan fingerprint density at radius 2 is 1.77 bits per heavy atom. The fraction of sp³-hybridized carbons (Fsp3) is 0.625. The highest BCUT2D eigenvalue weighted by Gasteiger charge is 2.28. The third-order valence-electron chi connectivity index (χ3n) is 1.32. The van der Waals surface area contributed by atoms with Crippen LogP contribution in [0.4, 0.5) is 0 Å². The van der Waals surface area contributed by atoms with Gasteiger partial charge in [0.1, 0.15) is 13.1 Å². The molecule has 0 aliphatic rings. The molecule has 13 heavy (non-hydrogen) atoms. The quantitative estimate of drug-likeness (QED) is 0.550. The molecule has 0 rings (SSSR count). The maximum Gasteiger partial charge on any atom is 0.240 e. The molecule has 0 saturated carbocycles. The first-order valence-corrected chi connectivity index (χ1v) is 4.45. The smallest absolute Gasteiger partial charge is 0.240 e. The van der Waals surface area contributed by atoms with Crippen molar-refractivity contribution in [3.8, 4) is 12.1 Å². The molecule has 4 nitrogen and oxygen atoms in total. The molecule has 0 fully saturated rings. The molecule has 1 amide bonds. The molecule has 0 bridgehead atoms. The van der Waals surface area contributed by atoms with Crippen molar-refractivity contribution in [1.29, 1.82) is 10.5 Å². The van der Waals surface area contributed by atoms with Crippen molar-refractivity contribution in [2.45, 2.75) is 18.2 Å². The predicted molar refractivity (Wildman–Crippen MR) is 50.8 cm³/mol. The van der Waals surface area contributed by atoms with Crippen molar-refractivity contribution in [3.63, 3.8) is 0 Å². The number of amides is 1. The Bertz CT molecular complexity index is 253. The van der Waals surface area contributed by atoms with Crippen LogP contribution in [0.5, 0.6) is 0 Å². The van der Waals surface area contributed by atoms with E-state index in [1.165, 1.54) is 4.90 Å². The van der Waals surface area contributed by atoms with Crippen molar-refractivity contribution in [3.05, 3.63) is 0 Å². The summed E-state index contributed by atoms with van der Waals surface area (Å²) in [5.74, 6) is -0.254. The average Bonchev–Trinajstić information content (AvgIpc) is 2.01. The lowest BCUT2D eigenvalue weighted by Gasteiger charge is -2.23. The summed E-state index contributed by atoms with van der Waals surface area (Å²) < 4.78 is -0.722. The van der Waals surface area contributed by atoms with Gasteiger partial charge in [-0.05, 0) is 13.8 Å². The minimum absolute atomic E-state index is 0.0541. The SMILES string of the molecule is CC(C)(Br)C(=O)N(CC#N)CC#N. The second kappa shape index (κ2) is 4.84. The first kappa shape index (κ1) is 11.9. The van der Waals surface area contributed by atoms with Crippen molar-refractivity contribution in [2.75, 3.05) is 13.1 Å². The van der Waals surface area contributed by atoms with E-state index in [1.807, 2.05) is 12.1 Å². The highest BCUT2D eigenvalue weighted by molar-refractivity contribution is 9.10. The summed E-state index contributed by atoms with van der Waals surface area (Å²) in [6, 6.07) is 3.68. The van der Waals surface area contributed by atoms with Gasteiger partial charge in [0.25, 0.3) is 0 Å². The number of carbonyl (C=O) groups excluding carboxylic acids is 1. The van der Waals surface area contributed by atoms with Gasteiger partial charge in [-0.2, -0.15) is 10.5 Å². The fourth-order valence-electron chi connectivity index (χ4n) is 0.746. The van der Waals surface area contributed by atoms with E-state index in [2.05, 4.69) is 15.9 Å². The first-order valence-electron chi connectivity index (χ1n) is 3.65. The number of rotatable bonds is 3. The van der Waals surface area contributed by atoms with Gasteiger partial charge in [0.15, 0.2) is 0 Å². The Morgan fingerprint density at radius 3 is 2.00 bits per heavy atom. The van der Waals surface area contributed by atoms with Crippen LogP contribution in [0, 0.1) is 22.7 Å². The number of nitrogens with zero attached hydrogens (tertiary/aromatic N) is 3. The highest BCUT2D eigenvalue weighted by Crippen LogP contribution is 2.18. The third-order valence-corrected chi connectivity index (χ3v) is 1.66. The lowest BCUT2D eigenvalue weighted by Crippen LogP contribution is -2.42. The standard InChI is InChI=1S/C8H10BrN3O/c1-8(2,9)7(13)12(5-3-10)6-4-11/h5-6H2,1-2H3. The molecule has 0 aromatic heterocycles. The van der Waals surface area contributed by atoms with E-state index in [-0.39, 0.29) is 19.0 Å². The zero-order valence-electron chi connectivity index (χ0n) is 7.54. The van der Waals surface area contributed by atoms with E-state index in [0.29, 0.717) is 0 Å². The van der Waals surface area contributed by atoms with Gasteiger partial charge in [-0.15, -0.1) is 0 Å². The summed E-state index contributed by atoms with van der Waals surface area (Å²) in [6.07, 6.45) is 0. The van der Waals surface area contributed by atoms with Crippen LogP contribution in [0.3, 0.4) is 0 Å². The van der Waals surface area contributed by atoms with Crippen molar-refractivity contribution >= 4 is 21.8 Å². The molecule has 0 radical (unpaired) electrons. The van der Waals surface area contributed by atoms with Crippen LogP contribution in [0.25, 0.3) is 0 Å². The van der Waals surface area contributed by atoms with Crippen LogP contribution in [-0.4, -0.2) is 28.2 Å². The van der Waals surface area contributed by atoms with Gasteiger partial charge in [-0.1, -0.05) is 15.9 Å². The van der Waals surface area contributed by atoms with E-state index in [1.54, 1.807) is 13.8 Å². The van der Waals surface area contributed by atoms with Gasteiger partial charge in [0, 0.05) is 0 Å². The van der Waals surface area contributed by atoms with E-state index < -0.39 is 4.32 Å². The lowest BCUT2D eigenvalue weighted by molar-refractivity contribution is -0.131. The summed E-state index contributed by atoms with van der Waals surface area (Å²) in [5.41, 5.74) is 0. The number of hydrogen-bond donors (Lipinski definition) is 0. The highest BCUT2D eigenvalue weighted by atomic mass is 79.9. The number of alkyl halides is 1. The molecule has 0 spiro atoms. The normalized spacial score (nSPS) is 9.92. The summed E-state index contributed by atoms with van der Waals surface area (Å²) in [5, 5.41) is 16.8. The van der Waals surface area contributed by atoms with Crippen LogP contribution >= 0.6 is 15.9 Å². The van der Waals surface area contributed by atoms with Gasteiger partial charge >= 0.3 is 0 Å². The molecule has 0 heterocycles. The van der Waals surface area contributed by atoms with Crippen LogP contribution in [0.15, 0.2) is 0 Å². The van der Waals surface area contributed by atoms with Crippen LogP contribution < -0.4 is 0 Å². The third kappa shape index (κ3) is 3.91. The van der Waals surface area contributed by atoms with E-state index in [9.17, 15) is 4.79 Å². The molecule has 0 atom stereocenters. The Morgan fingerprint density at radius 1 is 1.38 bits per heavy atom. The van der Waals surface area contributed by atoms with Crippen molar-refractivity contribution < 1.29 is 4.79 Å². The molecule has 0 aromatic carbocycles. The molecule has 70 valence electrons. The number of nitriles is 2. The maximum absolute atomic E-state index is 11.5. The zero-order valence-corrected chi connectivity index (χ0v) is 9.13. The van der Waals surface area contributed by atoms with Gasteiger partial charge in [-0.25, -0.2) is 0 Å². The Hall–Kier alpha value is -1.07. The molecular formula is C8H10BrN3O. The summed E-state index contributed by atoms with van der Waals surface area (Å²) in [4.78, 5) is 12.7. The predicted octanol–water partition coefficient (Wildman–Crippen LogP) is 1.04. The molecule has 5 heteroatoms. The molecule has 0 aliphatic heterocycles. The second-order valence-electron chi connectivity index (χ2n) is 2.95. The van der Waals surface area contributed by atoms with Gasteiger partial charge in [0.2, 0.25) is 5.91 Å². The lowest BCUT2D eigenvalue weighted by atomic mass is 10.2.